The van der Waals surface area contributed by atoms with Gasteiger partial charge in [-0.1, -0.05) is 31.7 Å². The molecule has 0 radical (unpaired) electrons. The minimum Gasteiger partial charge on any atom is -0.390 e. The van der Waals surface area contributed by atoms with Crippen LogP contribution in [-0.2, 0) is 24.2 Å². The Morgan fingerprint density at radius 3 is 2.62 bits per heavy atom. The molecule has 34 heavy (non-hydrogen) atoms. The largest absolute Gasteiger partial charge is 0.390 e. The van der Waals surface area contributed by atoms with E-state index in [1.807, 2.05) is 11.0 Å². The first-order valence-corrected chi connectivity index (χ1v) is 11.8. The van der Waals surface area contributed by atoms with Crippen LogP contribution in [0.15, 0.2) is 36.7 Å². The highest BCUT2D eigenvalue weighted by molar-refractivity contribution is 5.92. The number of nitrogens with one attached hydrogen (secondary N) is 1. The van der Waals surface area contributed by atoms with E-state index in [-0.39, 0.29) is 25.8 Å². The fourth-order valence-corrected chi connectivity index (χ4v) is 4.75. The van der Waals surface area contributed by atoms with Crippen molar-refractivity contribution in [2.75, 3.05) is 32.7 Å². The van der Waals surface area contributed by atoms with E-state index in [9.17, 15) is 14.7 Å². The second-order valence-electron chi connectivity index (χ2n) is 9.17. The monoisotopic (exact) mass is 467 g/mol. The fraction of sp³-hybridized carbons (Fsp3) is 0.538. The van der Waals surface area contributed by atoms with E-state index >= 15 is 0 Å². The zero-order valence-corrected chi connectivity index (χ0v) is 19.2. The summed E-state index contributed by atoms with van der Waals surface area (Å²) in [6, 6.07) is 10.1. The summed E-state index contributed by atoms with van der Waals surface area (Å²) in [5.41, 5.74) is 3.84. The van der Waals surface area contributed by atoms with Crippen LogP contribution >= 0.6 is 0 Å². The Labute approximate surface area is 202 Å². The molecule has 0 bridgehead atoms. The lowest BCUT2D eigenvalue weighted by molar-refractivity contribution is -0.130. The van der Waals surface area contributed by atoms with Crippen molar-refractivity contribution in [2.45, 2.75) is 52.7 Å². The van der Waals surface area contributed by atoms with Gasteiger partial charge in [-0.2, -0.15) is 0 Å². The molecule has 1 aromatic heterocycles. The highest BCUT2D eigenvalue weighted by Crippen LogP contribution is 2.21. The van der Waals surface area contributed by atoms with Crippen molar-refractivity contribution in [3.05, 3.63) is 59.2 Å². The predicted molar refractivity (Wildman–Crippen MR) is 131 cm³/mol. The zero-order valence-electron chi connectivity index (χ0n) is 19.2. The molecule has 1 aromatic carbocycles. The second-order valence-corrected chi connectivity index (χ2v) is 9.17. The average Bonchev–Trinajstić information content (AvgIpc) is 2.83. The molecular formula is C26H37N5O3. The van der Waals surface area contributed by atoms with Crippen LogP contribution in [0.1, 0.15) is 54.5 Å². The topological polar surface area (TPSA) is 98.7 Å². The number of aliphatic hydroxyl groups is 1. The van der Waals surface area contributed by atoms with E-state index in [0.717, 1.165) is 57.6 Å². The highest BCUT2D eigenvalue weighted by Gasteiger charge is 2.22. The number of likely N-dealkylation sites (tertiary alicyclic amines) is 1. The smallest absolute Gasteiger partial charge is 0.270 e. The molecule has 1 saturated heterocycles. The van der Waals surface area contributed by atoms with Gasteiger partial charge in [0.2, 0.25) is 5.91 Å². The third-order valence-corrected chi connectivity index (χ3v) is 6.69. The number of benzene rings is 1. The normalized spacial score (nSPS) is 17.4. The van der Waals surface area contributed by atoms with Gasteiger partial charge in [-0.15, -0.1) is 0 Å². The molecule has 8 heteroatoms. The number of hydrogen-bond donors (Lipinski definition) is 2. The van der Waals surface area contributed by atoms with Crippen LogP contribution in [0.2, 0.25) is 0 Å². The summed E-state index contributed by atoms with van der Waals surface area (Å²) >= 11 is 0. The van der Waals surface area contributed by atoms with Crippen molar-refractivity contribution in [3.8, 4) is 0 Å². The van der Waals surface area contributed by atoms with Gasteiger partial charge in [0.05, 0.1) is 6.10 Å². The van der Waals surface area contributed by atoms with Crippen molar-refractivity contribution < 1.29 is 14.7 Å². The minimum atomic E-state index is -0.646. The number of nitrogens with zero attached hydrogens (tertiary/aromatic N) is 4. The van der Waals surface area contributed by atoms with E-state index in [2.05, 4.69) is 38.4 Å². The highest BCUT2D eigenvalue weighted by atomic mass is 16.3. The molecule has 0 unspecified atom stereocenters. The summed E-state index contributed by atoms with van der Waals surface area (Å²) in [7, 11) is 0. The van der Waals surface area contributed by atoms with Crippen LogP contribution in [0.5, 0.6) is 0 Å². The number of amides is 2. The van der Waals surface area contributed by atoms with Gasteiger partial charge in [-0.3, -0.25) is 14.5 Å². The van der Waals surface area contributed by atoms with Gasteiger partial charge in [0.1, 0.15) is 12.0 Å². The number of aliphatic hydroxyl groups excluding tert-OH is 1. The number of rotatable bonds is 7. The van der Waals surface area contributed by atoms with Gasteiger partial charge < -0.3 is 15.3 Å². The molecule has 0 aliphatic carbocycles. The first-order chi connectivity index (χ1) is 16.0. The second kappa shape index (κ2) is 12.0. The molecule has 3 heterocycles. The number of β-amino-alcohol motifs (C(OH)–C–C–N with tert-alkyl or cyclic N) is 1. The maximum Gasteiger partial charge on any atom is 0.270 e. The summed E-state index contributed by atoms with van der Waals surface area (Å²) in [4.78, 5) is 36.6. The summed E-state index contributed by atoms with van der Waals surface area (Å²) in [6.07, 6.45) is 4.42. The molecule has 0 saturated carbocycles. The Balaban J connectivity index is 0.00000324. The molecule has 4 rings (SSSR count). The van der Waals surface area contributed by atoms with Crippen molar-refractivity contribution in [1.82, 2.24) is 25.1 Å². The Morgan fingerprint density at radius 1 is 1.15 bits per heavy atom. The lowest BCUT2D eigenvalue weighted by atomic mass is 9.92. The van der Waals surface area contributed by atoms with E-state index in [0.29, 0.717) is 18.2 Å². The molecular weight excluding hydrogens is 430 g/mol. The van der Waals surface area contributed by atoms with Crippen molar-refractivity contribution in [3.63, 3.8) is 0 Å². The minimum absolute atomic E-state index is 0. The van der Waals surface area contributed by atoms with Crippen LogP contribution in [0, 0.1) is 5.92 Å². The molecule has 2 N–H and O–H groups in total. The molecule has 184 valence electrons. The molecule has 8 nitrogen and oxygen atoms in total. The van der Waals surface area contributed by atoms with Crippen LogP contribution in [-0.4, -0.2) is 75.5 Å². The number of hydrogen-bond acceptors (Lipinski definition) is 6. The Bertz CT molecular complexity index is 974. The molecule has 0 spiro atoms. The zero-order chi connectivity index (χ0) is 23.2. The third kappa shape index (κ3) is 6.84. The molecule has 1 atom stereocenters. The third-order valence-electron chi connectivity index (χ3n) is 6.69. The van der Waals surface area contributed by atoms with E-state index in [1.54, 1.807) is 13.0 Å². The van der Waals surface area contributed by atoms with Gasteiger partial charge >= 0.3 is 0 Å². The Hall–Kier alpha value is -2.84. The van der Waals surface area contributed by atoms with Crippen molar-refractivity contribution in [2.24, 2.45) is 5.92 Å². The quantitative estimate of drug-likeness (QED) is 0.647. The Morgan fingerprint density at radius 2 is 1.88 bits per heavy atom. The van der Waals surface area contributed by atoms with Crippen LogP contribution in [0.3, 0.4) is 0 Å². The van der Waals surface area contributed by atoms with Gasteiger partial charge in [0.25, 0.3) is 5.91 Å². The van der Waals surface area contributed by atoms with E-state index < -0.39 is 6.10 Å². The number of piperidine rings is 1. The van der Waals surface area contributed by atoms with Crippen LogP contribution in [0.25, 0.3) is 0 Å². The lowest BCUT2D eigenvalue weighted by Crippen LogP contribution is -2.42. The van der Waals surface area contributed by atoms with Crippen molar-refractivity contribution >= 4 is 11.8 Å². The molecule has 2 aliphatic rings. The Kier molecular flexibility index (Phi) is 9.12. The van der Waals surface area contributed by atoms with Gasteiger partial charge in [-0.05, 0) is 48.8 Å². The standard InChI is InChI=1S/C25H33N5O3.CH4/c1-18(31)30-10-6-19(7-11-30)12-22-13-24(28-17-27-22)25(33)26-14-23(32)16-29-9-8-20-4-2-3-5-21(20)15-29;/h2-5,13,17,19,23,32H,6-12,14-16H2,1H3,(H,26,33);1H4/t23-;/m0./s1. The number of carbonyl (C=O) groups excluding carboxylic acids is 2. The maximum absolute atomic E-state index is 12.6. The summed E-state index contributed by atoms with van der Waals surface area (Å²) in [6.45, 7) is 5.59. The number of carbonyl (C=O) groups is 2. The number of aromatic nitrogens is 2. The molecule has 2 aromatic rings. The summed E-state index contributed by atoms with van der Waals surface area (Å²) in [5, 5.41) is 13.3. The maximum atomic E-state index is 12.6. The van der Waals surface area contributed by atoms with Gasteiger partial charge in [-0.25, -0.2) is 9.97 Å². The van der Waals surface area contributed by atoms with Gasteiger partial charge in [0, 0.05) is 51.9 Å². The van der Waals surface area contributed by atoms with E-state index in [4.69, 9.17) is 0 Å². The fourth-order valence-electron chi connectivity index (χ4n) is 4.75. The van der Waals surface area contributed by atoms with Crippen LogP contribution < -0.4 is 5.32 Å². The summed E-state index contributed by atoms with van der Waals surface area (Å²) < 4.78 is 0. The van der Waals surface area contributed by atoms with Crippen LogP contribution in [0.4, 0.5) is 0 Å². The van der Waals surface area contributed by atoms with Crippen molar-refractivity contribution in [1.29, 1.82) is 0 Å². The predicted octanol–water partition coefficient (Wildman–Crippen LogP) is 2.06. The first kappa shape index (κ1) is 25.8. The SMILES string of the molecule is C.CC(=O)N1CCC(Cc2cc(C(=O)NC[C@H](O)CN3CCc4ccccc4C3)ncn2)CC1. The molecule has 1 fully saturated rings. The number of fused-ring (bicyclic) bond motifs is 1. The first-order valence-electron chi connectivity index (χ1n) is 11.8. The summed E-state index contributed by atoms with van der Waals surface area (Å²) in [5.74, 6) is 0.276. The molecule has 2 aliphatic heterocycles. The van der Waals surface area contributed by atoms with Gasteiger partial charge in [0.15, 0.2) is 0 Å². The average molecular weight is 468 g/mol. The molecule has 2 amide bonds. The lowest BCUT2D eigenvalue weighted by Gasteiger charge is -2.31. The van der Waals surface area contributed by atoms with E-state index in [1.165, 1.54) is 17.5 Å².